The van der Waals surface area contributed by atoms with Crippen molar-refractivity contribution in [3.8, 4) is 0 Å². The largest absolute Gasteiger partial charge is 0.379 e. The summed E-state index contributed by atoms with van der Waals surface area (Å²) in [6.45, 7) is 11.6. The number of hydrogen-bond acceptors (Lipinski definition) is 5. The van der Waals surface area contributed by atoms with Gasteiger partial charge < -0.3 is 24.7 Å². The number of hydrogen-bond donors (Lipinski definition) is 2. The molecule has 1 aromatic heterocycles. The van der Waals surface area contributed by atoms with Crippen molar-refractivity contribution < 1.29 is 9.47 Å². The topological polar surface area (TPSA) is 85.6 Å². The Bertz CT molecular complexity index is 731. The summed E-state index contributed by atoms with van der Waals surface area (Å²) in [5.74, 6) is 1.80. The van der Waals surface area contributed by atoms with Gasteiger partial charge in [-0.15, -0.1) is 10.2 Å². The van der Waals surface area contributed by atoms with Crippen molar-refractivity contribution in [3.63, 3.8) is 0 Å². The van der Waals surface area contributed by atoms with E-state index >= 15 is 0 Å². The first kappa shape index (κ1) is 22.8. The smallest absolute Gasteiger partial charge is 0.191 e. The Labute approximate surface area is 173 Å². The Morgan fingerprint density at radius 2 is 1.93 bits per heavy atom. The molecule has 8 nitrogen and oxygen atoms in total. The molecule has 0 spiro atoms. The molecule has 0 fully saturated rings. The number of aryl methyl sites for hydroxylation is 1. The minimum Gasteiger partial charge on any atom is -0.379 e. The molecule has 0 unspecified atom stereocenters. The Balaban J connectivity index is 1.83. The van der Waals surface area contributed by atoms with E-state index in [1.165, 1.54) is 0 Å². The van der Waals surface area contributed by atoms with E-state index < -0.39 is 0 Å². The predicted octanol–water partition coefficient (Wildman–Crippen LogP) is 2.15. The fourth-order valence-electron chi connectivity index (χ4n) is 2.82. The molecule has 1 heterocycles. The van der Waals surface area contributed by atoms with Crippen molar-refractivity contribution in [2.24, 2.45) is 4.99 Å². The van der Waals surface area contributed by atoms with Gasteiger partial charge >= 0.3 is 0 Å². The Morgan fingerprint density at radius 1 is 1.10 bits per heavy atom. The second kappa shape index (κ2) is 13.7. The molecule has 2 aromatic rings. The number of guanidine groups is 1. The standard InChI is InChI=1S/C21H34N6O2/c1-4-20-26-25-17-27(20)11-10-23-21(22-5-2)24-15-18-8-7-9-19(14-18)16-29-13-12-28-6-3/h7-9,14,17H,4-6,10-13,15-16H2,1-3H3,(H2,22,23,24). The van der Waals surface area contributed by atoms with Crippen molar-refractivity contribution >= 4 is 5.96 Å². The first-order valence-electron chi connectivity index (χ1n) is 10.4. The lowest BCUT2D eigenvalue weighted by Crippen LogP contribution is -2.38. The van der Waals surface area contributed by atoms with Gasteiger partial charge in [-0.3, -0.25) is 0 Å². The van der Waals surface area contributed by atoms with Crippen LogP contribution in [0.15, 0.2) is 35.6 Å². The van der Waals surface area contributed by atoms with Gasteiger partial charge in [-0.25, -0.2) is 4.99 Å². The molecule has 0 saturated heterocycles. The van der Waals surface area contributed by atoms with Crippen LogP contribution in [-0.2, 0) is 35.6 Å². The average Bonchev–Trinajstić information content (AvgIpc) is 3.20. The minimum absolute atomic E-state index is 0.585. The van der Waals surface area contributed by atoms with Gasteiger partial charge in [0.15, 0.2) is 5.96 Å². The van der Waals surface area contributed by atoms with Crippen molar-refractivity contribution in [2.75, 3.05) is 32.9 Å². The molecule has 1 aromatic carbocycles. The quantitative estimate of drug-likeness (QED) is 0.303. The lowest BCUT2D eigenvalue weighted by Gasteiger charge is -2.12. The number of aliphatic imine (C=N–C) groups is 1. The Hall–Kier alpha value is -2.45. The molecule has 2 rings (SSSR count). The van der Waals surface area contributed by atoms with E-state index in [4.69, 9.17) is 14.5 Å². The van der Waals surface area contributed by atoms with E-state index in [0.717, 1.165) is 55.6 Å². The summed E-state index contributed by atoms with van der Waals surface area (Å²) >= 11 is 0. The number of ether oxygens (including phenoxy) is 2. The zero-order chi connectivity index (χ0) is 20.7. The zero-order valence-electron chi connectivity index (χ0n) is 17.9. The summed E-state index contributed by atoms with van der Waals surface area (Å²) in [6, 6.07) is 8.34. The molecule has 2 N–H and O–H groups in total. The predicted molar refractivity (Wildman–Crippen MR) is 115 cm³/mol. The van der Waals surface area contributed by atoms with Crippen molar-refractivity contribution in [1.82, 2.24) is 25.4 Å². The van der Waals surface area contributed by atoms with Crippen LogP contribution < -0.4 is 10.6 Å². The third-order valence-electron chi connectivity index (χ3n) is 4.26. The highest BCUT2D eigenvalue weighted by atomic mass is 16.5. The van der Waals surface area contributed by atoms with E-state index in [1.807, 2.05) is 13.0 Å². The Kier molecular flexibility index (Phi) is 10.8. The van der Waals surface area contributed by atoms with E-state index in [1.54, 1.807) is 6.33 Å². The SMILES string of the molecule is CCNC(=NCc1cccc(COCCOCC)c1)NCCn1cnnc1CC. The zero-order valence-corrected chi connectivity index (χ0v) is 17.9. The van der Waals surface area contributed by atoms with Crippen LogP contribution in [0.1, 0.15) is 37.7 Å². The summed E-state index contributed by atoms with van der Waals surface area (Å²) in [5, 5.41) is 14.7. The molecular weight excluding hydrogens is 368 g/mol. The third-order valence-corrected chi connectivity index (χ3v) is 4.26. The fourth-order valence-corrected chi connectivity index (χ4v) is 2.82. The van der Waals surface area contributed by atoms with Crippen LogP contribution in [0.4, 0.5) is 0 Å². The normalized spacial score (nSPS) is 11.6. The molecular formula is C21H34N6O2. The molecule has 0 amide bonds. The molecule has 0 aliphatic carbocycles. The highest BCUT2D eigenvalue weighted by Crippen LogP contribution is 2.08. The van der Waals surface area contributed by atoms with Crippen molar-refractivity contribution in [1.29, 1.82) is 0 Å². The highest BCUT2D eigenvalue weighted by Gasteiger charge is 2.03. The monoisotopic (exact) mass is 402 g/mol. The molecule has 0 bridgehead atoms. The first-order valence-corrected chi connectivity index (χ1v) is 10.4. The van der Waals surface area contributed by atoms with Crippen LogP contribution in [-0.4, -0.2) is 53.6 Å². The van der Waals surface area contributed by atoms with Gasteiger partial charge in [0.05, 0.1) is 26.4 Å². The van der Waals surface area contributed by atoms with Gasteiger partial charge in [-0.05, 0) is 25.0 Å². The number of aromatic nitrogens is 3. The molecule has 0 atom stereocenters. The van der Waals surface area contributed by atoms with Crippen LogP contribution in [0.5, 0.6) is 0 Å². The van der Waals surface area contributed by atoms with E-state index in [0.29, 0.717) is 26.4 Å². The van der Waals surface area contributed by atoms with Crippen LogP contribution in [0, 0.1) is 0 Å². The van der Waals surface area contributed by atoms with Gasteiger partial charge in [0.25, 0.3) is 0 Å². The molecule has 0 aliphatic rings. The van der Waals surface area contributed by atoms with Crippen molar-refractivity contribution in [3.05, 3.63) is 47.5 Å². The maximum absolute atomic E-state index is 5.65. The van der Waals surface area contributed by atoms with Crippen LogP contribution in [0.25, 0.3) is 0 Å². The molecule has 8 heteroatoms. The van der Waals surface area contributed by atoms with Crippen molar-refractivity contribution in [2.45, 2.75) is 46.9 Å². The second-order valence-corrected chi connectivity index (χ2v) is 6.49. The maximum Gasteiger partial charge on any atom is 0.191 e. The van der Waals surface area contributed by atoms with E-state index in [9.17, 15) is 0 Å². The van der Waals surface area contributed by atoms with E-state index in [2.05, 4.69) is 57.4 Å². The molecule has 160 valence electrons. The van der Waals surface area contributed by atoms with Gasteiger partial charge in [0.1, 0.15) is 12.2 Å². The molecule has 29 heavy (non-hydrogen) atoms. The fraction of sp³-hybridized carbons (Fsp3) is 0.571. The number of rotatable bonds is 13. The summed E-state index contributed by atoms with van der Waals surface area (Å²) in [4.78, 5) is 4.70. The highest BCUT2D eigenvalue weighted by molar-refractivity contribution is 5.79. The summed E-state index contributed by atoms with van der Waals surface area (Å²) in [7, 11) is 0. The number of nitrogens with zero attached hydrogens (tertiary/aromatic N) is 4. The Morgan fingerprint density at radius 3 is 2.72 bits per heavy atom. The lowest BCUT2D eigenvalue weighted by molar-refractivity contribution is 0.0453. The van der Waals surface area contributed by atoms with Crippen LogP contribution in [0.2, 0.25) is 0 Å². The van der Waals surface area contributed by atoms with Crippen LogP contribution in [0.3, 0.4) is 0 Å². The van der Waals surface area contributed by atoms with E-state index in [-0.39, 0.29) is 0 Å². The van der Waals surface area contributed by atoms with Crippen LogP contribution >= 0.6 is 0 Å². The maximum atomic E-state index is 5.65. The van der Waals surface area contributed by atoms with Gasteiger partial charge in [-0.2, -0.15) is 0 Å². The molecule has 0 aliphatic heterocycles. The van der Waals surface area contributed by atoms with Gasteiger partial charge in [0.2, 0.25) is 0 Å². The number of benzene rings is 1. The first-order chi connectivity index (χ1) is 14.3. The minimum atomic E-state index is 0.585. The molecule has 0 radical (unpaired) electrons. The lowest BCUT2D eigenvalue weighted by atomic mass is 10.1. The second-order valence-electron chi connectivity index (χ2n) is 6.49. The third kappa shape index (κ3) is 8.62. The number of nitrogens with one attached hydrogen (secondary N) is 2. The van der Waals surface area contributed by atoms with Gasteiger partial charge in [-0.1, -0.05) is 31.2 Å². The van der Waals surface area contributed by atoms with Gasteiger partial charge in [0, 0.05) is 32.7 Å². The summed E-state index contributed by atoms with van der Waals surface area (Å²) in [5.41, 5.74) is 2.30. The summed E-state index contributed by atoms with van der Waals surface area (Å²) < 4.78 is 13.0. The molecule has 0 saturated carbocycles. The summed E-state index contributed by atoms with van der Waals surface area (Å²) in [6.07, 6.45) is 2.65. The average molecular weight is 403 g/mol.